The number of aromatic carboxylic acids is 1. The highest BCUT2D eigenvalue weighted by molar-refractivity contribution is 8.00. The van der Waals surface area contributed by atoms with Crippen molar-refractivity contribution in [3.8, 4) is 11.3 Å². The van der Waals surface area contributed by atoms with E-state index < -0.39 is 17.2 Å². The monoisotopic (exact) mass is 401 g/mol. The van der Waals surface area contributed by atoms with Crippen LogP contribution in [0.4, 0.5) is 13.2 Å². The van der Waals surface area contributed by atoms with Gasteiger partial charge in [0.15, 0.2) is 5.69 Å². The first-order chi connectivity index (χ1) is 10.6. The van der Waals surface area contributed by atoms with Crippen molar-refractivity contribution in [1.29, 1.82) is 0 Å². The molecule has 0 unspecified atom stereocenters. The number of rotatable bonds is 3. The van der Waals surface area contributed by atoms with E-state index in [1.807, 2.05) is 0 Å². The maximum atomic E-state index is 12.4. The Hall–Kier alpha value is -1.15. The summed E-state index contributed by atoms with van der Waals surface area (Å²) < 4.78 is 37.1. The molecular weight excluding hydrogens is 398 g/mol. The molecule has 0 fully saturated rings. The van der Waals surface area contributed by atoms with Crippen LogP contribution < -0.4 is 0 Å². The quantitative estimate of drug-likeness (QED) is 0.638. The molecule has 1 aromatic carbocycles. The maximum Gasteiger partial charge on any atom is 0.446 e. The van der Waals surface area contributed by atoms with Crippen LogP contribution in [-0.2, 0) is 0 Å². The topological polar surface area (TPSA) is 50.2 Å². The number of halogens is 6. The molecule has 0 amide bonds. The highest BCUT2D eigenvalue weighted by atomic mass is 35.5. The normalized spacial score (nSPS) is 11.6. The summed E-state index contributed by atoms with van der Waals surface area (Å²) in [4.78, 5) is 14.8. The van der Waals surface area contributed by atoms with Gasteiger partial charge in [-0.2, -0.15) is 13.2 Å². The Labute approximate surface area is 147 Å². The molecule has 0 radical (unpaired) electrons. The summed E-state index contributed by atoms with van der Waals surface area (Å²) in [6.07, 6.45) is 0. The van der Waals surface area contributed by atoms with Crippen molar-refractivity contribution in [1.82, 2.24) is 4.98 Å². The fourth-order valence-corrected chi connectivity index (χ4v) is 3.15. The van der Waals surface area contributed by atoms with Crippen molar-refractivity contribution >= 4 is 52.5 Å². The summed E-state index contributed by atoms with van der Waals surface area (Å²) in [7, 11) is 0. The van der Waals surface area contributed by atoms with Crippen molar-refractivity contribution < 1.29 is 23.1 Å². The van der Waals surface area contributed by atoms with Gasteiger partial charge in [0, 0.05) is 10.5 Å². The van der Waals surface area contributed by atoms with E-state index in [-0.39, 0.29) is 43.0 Å². The summed E-state index contributed by atoms with van der Waals surface area (Å²) in [5.74, 6) is -1.37. The highest BCUT2D eigenvalue weighted by Gasteiger charge is 2.29. The fourth-order valence-electron chi connectivity index (χ4n) is 1.69. The van der Waals surface area contributed by atoms with Crippen LogP contribution in [-0.4, -0.2) is 21.6 Å². The van der Waals surface area contributed by atoms with E-state index in [9.17, 15) is 18.0 Å². The van der Waals surface area contributed by atoms with Gasteiger partial charge in [-0.3, -0.25) is 0 Å². The number of carboxylic acids is 1. The first-order valence-corrected chi connectivity index (χ1v) is 7.68. The molecule has 1 heterocycles. The molecule has 0 atom stereocenters. The minimum atomic E-state index is -4.45. The number of nitrogens with zero attached hydrogens (tertiary/aromatic N) is 1. The lowest BCUT2D eigenvalue weighted by Crippen LogP contribution is -2.03. The third-order valence-corrected chi connectivity index (χ3v) is 4.17. The number of hydrogen-bond donors (Lipinski definition) is 1. The Morgan fingerprint density at radius 2 is 1.74 bits per heavy atom. The minimum absolute atomic E-state index is 0.0158. The Morgan fingerprint density at radius 3 is 2.26 bits per heavy atom. The Bertz CT molecular complexity index is 784. The van der Waals surface area contributed by atoms with Crippen molar-refractivity contribution in [3.63, 3.8) is 0 Å². The van der Waals surface area contributed by atoms with Crippen LogP contribution >= 0.6 is 46.6 Å². The van der Waals surface area contributed by atoms with Gasteiger partial charge in [0.2, 0.25) is 0 Å². The highest BCUT2D eigenvalue weighted by Crippen LogP contribution is 2.41. The Kier molecular flexibility index (Phi) is 5.35. The molecule has 2 aromatic rings. The number of hydrogen-bond acceptors (Lipinski definition) is 3. The van der Waals surface area contributed by atoms with Gasteiger partial charge in [0.05, 0.1) is 20.8 Å². The van der Waals surface area contributed by atoms with Crippen molar-refractivity contribution in [2.75, 3.05) is 0 Å². The molecule has 3 nitrogen and oxygen atoms in total. The van der Waals surface area contributed by atoms with E-state index in [1.165, 1.54) is 18.2 Å². The number of benzene rings is 1. The number of thioether (sulfide) groups is 1. The lowest BCUT2D eigenvalue weighted by atomic mass is 10.1. The second-order valence-electron chi connectivity index (χ2n) is 4.14. The summed E-state index contributed by atoms with van der Waals surface area (Å²) in [6.45, 7) is 0. The molecule has 0 aliphatic carbocycles. The van der Waals surface area contributed by atoms with E-state index in [0.717, 1.165) is 6.07 Å². The molecular formula is C13H5Cl3F3NO2S. The number of pyridine rings is 1. The van der Waals surface area contributed by atoms with E-state index in [4.69, 9.17) is 39.9 Å². The van der Waals surface area contributed by atoms with Crippen LogP contribution in [0.2, 0.25) is 15.1 Å². The summed E-state index contributed by atoms with van der Waals surface area (Å²) in [6, 6.07) is 4.75. The molecule has 0 saturated heterocycles. The second-order valence-corrected chi connectivity index (χ2v) is 6.50. The summed E-state index contributed by atoms with van der Waals surface area (Å²) in [5, 5.41) is 8.83. The first kappa shape index (κ1) is 18.2. The van der Waals surface area contributed by atoms with Gasteiger partial charge in [-0.15, -0.1) is 0 Å². The summed E-state index contributed by atoms with van der Waals surface area (Å²) in [5.41, 5.74) is -4.67. The SMILES string of the molecule is O=C(O)c1nc(-c2ccc(SC(F)(F)F)cc2Cl)c(Cl)cc1Cl. The first-order valence-electron chi connectivity index (χ1n) is 5.73. The zero-order chi connectivity index (χ0) is 17.4. The molecule has 0 bridgehead atoms. The Morgan fingerprint density at radius 1 is 1.09 bits per heavy atom. The van der Waals surface area contributed by atoms with Crippen molar-refractivity contribution in [3.05, 3.63) is 45.0 Å². The van der Waals surface area contributed by atoms with E-state index in [2.05, 4.69) is 4.98 Å². The van der Waals surface area contributed by atoms with Gasteiger partial charge >= 0.3 is 11.5 Å². The van der Waals surface area contributed by atoms with Crippen LogP contribution in [0.3, 0.4) is 0 Å². The zero-order valence-corrected chi connectivity index (χ0v) is 13.9. The number of carbonyl (C=O) groups is 1. The lowest BCUT2D eigenvalue weighted by Gasteiger charge is -2.11. The number of carboxylic acid groups (broad SMARTS) is 1. The fraction of sp³-hybridized carbons (Fsp3) is 0.0769. The third-order valence-electron chi connectivity index (χ3n) is 2.56. The predicted molar refractivity (Wildman–Crippen MR) is 83.6 cm³/mol. The van der Waals surface area contributed by atoms with Gasteiger partial charge in [0.25, 0.3) is 0 Å². The standard InChI is InChI=1S/C13H5Cl3F3NO2S/c14-7-3-5(23-13(17,18)19)1-2-6(7)10-8(15)4-9(16)11(20-10)12(21)22/h1-4H,(H,21,22). The maximum absolute atomic E-state index is 12.4. The van der Waals surface area contributed by atoms with E-state index >= 15 is 0 Å². The molecule has 122 valence electrons. The van der Waals surface area contributed by atoms with Gasteiger partial charge in [0.1, 0.15) is 0 Å². The average molecular weight is 403 g/mol. The van der Waals surface area contributed by atoms with Crippen molar-refractivity contribution in [2.24, 2.45) is 0 Å². The average Bonchev–Trinajstić information content (AvgIpc) is 2.37. The van der Waals surface area contributed by atoms with Crippen LogP contribution in [0, 0.1) is 0 Å². The molecule has 0 aliphatic heterocycles. The summed E-state index contributed by atoms with van der Waals surface area (Å²) >= 11 is 17.4. The molecule has 1 N–H and O–H groups in total. The van der Waals surface area contributed by atoms with Crippen molar-refractivity contribution in [2.45, 2.75) is 10.4 Å². The lowest BCUT2D eigenvalue weighted by molar-refractivity contribution is -0.0328. The second kappa shape index (κ2) is 6.76. The van der Waals surface area contributed by atoms with Crippen LogP contribution in [0.25, 0.3) is 11.3 Å². The van der Waals surface area contributed by atoms with Crippen LogP contribution in [0.5, 0.6) is 0 Å². The largest absolute Gasteiger partial charge is 0.476 e. The predicted octanol–water partition coefficient (Wildman–Crippen LogP) is 6.02. The van der Waals surface area contributed by atoms with E-state index in [0.29, 0.717) is 0 Å². The third kappa shape index (κ3) is 4.44. The van der Waals surface area contributed by atoms with Gasteiger partial charge < -0.3 is 5.11 Å². The van der Waals surface area contributed by atoms with Gasteiger partial charge in [-0.05, 0) is 30.0 Å². The number of alkyl halides is 3. The number of aromatic nitrogens is 1. The molecule has 1 aromatic heterocycles. The van der Waals surface area contributed by atoms with Crippen LogP contribution in [0.1, 0.15) is 10.5 Å². The zero-order valence-electron chi connectivity index (χ0n) is 10.8. The molecule has 0 saturated carbocycles. The molecule has 0 aliphatic rings. The van der Waals surface area contributed by atoms with Crippen LogP contribution in [0.15, 0.2) is 29.2 Å². The van der Waals surface area contributed by atoms with Gasteiger partial charge in [-0.1, -0.05) is 40.9 Å². The smallest absolute Gasteiger partial charge is 0.446 e. The Balaban J connectivity index is 2.51. The van der Waals surface area contributed by atoms with Gasteiger partial charge in [-0.25, -0.2) is 9.78 Å². The molecule has 10 heteroatoms. The molecule has 2 rings (SSSR count). The molecule has 23 heavy (non-hydrogen) atoms. The minimum Gasteiger partial charge on any atom is -0.476 e. The molecule has 0 spiro atoms. The van der Waals surface area contributed by atoms with E-state index in [1.54, 1.807) is 0 Å².